The van der Waals surface area contributed by atoms with Gasteiger partial charge >= 0.3 is 0 Å². The van der Waals surface area contributed by atoms with Crippen LogP contribution in [0.15, 0.2) is 54.6 Å². The second kappa shape index (κ2) is 5.68. The van der Waals surface area contributed by atoms with E-state index in [9.17, 15) is 4.79 Å². The zero-order chi connectivity index (χ0) is 13.9. The number of hydrogen-bond acceptors (Lipinski definition) is 1. The summed E-state index contributed by atoms with van der Waals surface area (Å²) in [6.07, 6.45) is 0.728. The molecule has 2 aromatic rings. The summed E-state index contributed by atoms with van der Waals surface area (Å²) in [4.78, 5) is 12.1. The number of nitrogens with one attached hydrogen (secondary N) is 1. The molecule has 0 radical (unpaired) electrons. The van der Waals surface area contributed by atoms with Crippen LogP contribution in [-0.2, 0) is 11.2 Å². The van der Waals surface area contributed by atoms with Crippen molar-refractivity contribution in [1.29, 1.82) is 0 Å². The molecule has 3 heteroatoms. The van der Waals surface area contributed by atoms with Crippen molar-refractivity contribution in [2.75, 3.05) is 6.54 Å². The van der Waals surface area contributed by atoms with E-state index in [1.165, 1.54) is 5.56 Å². The largest absolute Gasteiger partial charge is 0.355 e. The number of benzene rings is 2. The highest BCUT2D eigenvalue weighted by molar-refractivity contribution is 6.30. The summed E-state index contributed by atoms with van der Waals surface area (Å²) in [6.45, 7) is 0.716. The second-order valence-electron chi connectivity index (χ2n) is 5.20. The monoisotopic (exact) mass is 285 g/mol. The number of amides is 1. The van der Waals surface area contributed by atoms with Gasteiger partial charge in [0, 0.05) is 17.5 Å². The van der Waals surface area contributed by atoms with Crippen LogP contribution in [0, 0.1) is 5.92 Å². The molecular formula is C17H16ClNO. The Morgan fingerprint density at radius 3 is 2.65 bits per heavy atom. The molecule has 20 heavy (non-hydrogen) atoms. The first-order valence-corrected chi connectivity index (χ1v) is 7.19. The van der Waals surface area contributed by atoms with E-state index in [1.807, 2.05) is 42.5 Å². The summed E-state index contributed by atoms with van der Waals surface area (Å²) in [6, 6.07) is 18.0. The molecule has 1 aliphatic rings. The summed E-state index contributed by atoms with van der Waals surface area (Å²) >= 11 is 6.02. The van der Waals surface area contributed by atoms with E-state index in [2.05, 4.69) is 17.4 Å². The number of halogens is 1. The molecule has 1 aliphatic heterocycles. The Morgan fingerprint density at radius 1 is 1.10 bits per heavy atom. The normalized spacial score (nSPS) is 21.8. The van der Waals surface area contributed by atoms with Gasteiger partial charge in [0.2, 0.25) is 5.91 Å². The van der Waals surface area contributed by atoms with Gasteiger partial charge in [0.1, 0.15) is 0 Å². The molecule has 1 saturated heterocycles. The zero-order valence-corrected chi connectivity index (χ0v) is 11.8. The molecule has 0 aliphatic carbocycles. The molecule has 3 rings (SSSR count). The first-order chi connectivity index (χ1) is 9.74. The standard InChI is InChI=1S/C17H16ClNO/c18-14-8-4-5-12(9-14)10-15-16(11-19-17(15)20)13-6-2-1-3-7-13/h1-9,15-16H,10-11H2,(H,19,20)/t15-,16-/m0/s1. The topological polar surface area (TPSA) is 29.1 Å². The first-order valence-electron chi connectivity index (χ1n) is 6.81. The van der Waals surface area contributed by atoms with E-state index in [4.69, 9.17) is 11.6 Å². The highest BCUT2D eigenvalue weighted by Crippen LogP contribution is 2.31. The maximum atomic E-state index is 12.1. The lowest BCUT2D eigenvalue weighted by Gasteiger charge is -2.17. The summed E-state index contributed by atoms with van der Waals surface area (Å²) in [5, 5.41) is 3.70. The highest BCUT2D eigenvalue weighted by Gasteiger charge is 2.35. The molecule has 0 bridgehead atoms. The van der Waals surface area contributed by atoms with Crippen molar-refractivity contribution in [3.8, 4) is 0 Å². The molecule has 1 fully saturated rings. The van der Waals surface area contributed by atoms with Gasteiger partial charge < -0.3 is 5.32 Å². The minimum absolute atomic E-state index is 0.0177. The van der Waals surface area contributed by atoms with Crippen LogP contribution in [0.4, 0.5) is 0 Å². The minimum Gasteiger partial charge on any atom is -0.355 e. The summed E-state index contributed by atoms with van der Waals surface area (Å²) < 4.78 is 0. The van der Waals surface area contributed by atoms with Crippen LogP contribution < -0.4 is 5.32 Å². The highest BCUT2D eigenvalue weighted by atomic mass is 35.5. The van der Waals surface area contributed by atoms with Crippen LogP contribution in [0.3, 0.4) is 0 Å². The Kier molecular flexibility index (Phi) is 3.75. The van der Waals surface area contributed by atoms with E-state index in [0.717, 1.165) is 17.0 Å². The summed E-state index contributed by atoms with van der Waals surface area (Å²) in [5.74, 6) is 0.359. The Bertz CT molecular complexity index is 611. The molecule has 2 aromatic carbocycles. The molecule has 1 N–H and O–H groups in total. The van der Waals surface area contributed by atoms with E-state index in [0.29, 0.717) is 6.54 Å². The average Bonchev–Trinajstić information content (AvgIpc) is 2.81. The van der Waals surface area contributed by atoms with Crippen molar-refractivity contribution < 1.29 is 4.79 Å². The van der Waals surface area contributed by atoms with Crippen LogP contribution in [0.5, 0.6) is 0 Å². The fraction of sp³-hybridized carbons (Fsp3) is 0.235. The number of carbonyl (C=O) groups excluding carboxylic acids is 1. The Balaban J connectivity index is 1.84. The van der Waals surface area contributed by atoms with E-state index in [1.54, 1.807) is 0 Å². The third-order valence-electron chi connectivity index (χ3n) is 3.89. The molecule has 1 amide bonds. The molecule has 0 saturated carbocycles. The third kappa shape index (κ3) is 2.70. The Morgan fingerprint density at radius 2 is 1.90 bits per heavy atom. The number of carbonyl (C=O) groups is 1. The van der Waals surface area contributed by atoms with Crippen molar-refractivity contribution in [2.24, 2.45) is 5.92 Å². The van der Waals surface area contributed by atoms with Crippen molar-refractivity contribution in [1.82, 2.24) is 5.32 Å². The average molecular weight is 286 g/mol. The van der Waals surface area contributed by atoms with Crippen LogP contribution in [0.2, 0.25) is 5.02 Å². The smallest absolute Gasteiger partial charge is 0.224 e. The minimum atomic E-state index is -0.0177. The zero-order valence-electron chi connectivity index (χ0n) is 11.1. The SMILES string of the molecule is O=C1NC[C@@H](c2ccccc2)[C@@H]1Cc1cccc(Cl)c1. The molecule has 1 heterocycles. The van der Waals surface area contributed by atoms with Crippen molar-refractivity contribution in [3.05, 3.63) is 70.7 Å². The van der Waals surface area contributed by atoms with E-state index < -0.39 is 0 Å². The van der Waals surface area contributed by atoms with Gasteiger partial charge in [-0.05, 0) is 29.7 Å². The van der Waals surface area contributed by atoms with Gasteiger partial charge in [0.25, 0.3) is 0 Å². The lowest BCUT2D eigenvalue weighted by molar-refractivity contribution is -0.122. The van der Waals surface area contributed by atoms with Crippen LogP contribution >= 0.6 is 11.6 Å². The molecule has 0 aromatic heterocycles. The lowest BCUT2D eigenvalue weighted by Crippen LogP contribution is -2.21. The number of hydrogen-bond donors (Lipinski definition) is 1. The van der Waals surface area contributed by atoms with Gasteiger partial charge in [-0.1, -0.05) is 54.1 Å². The van der Waals surface area contributed by atoms with Gasteiger partial charge in [0.15, 0.2) is 0 Å². The van der Waals surface area contributed by atoms with E-state index in [-0.39, 0.29) is 17.7 Å². The quantitative estimate of drug-likeness (QED) is 0.920. The summed E-state index contributed by atoms with van der Waals surface area (Å²) in [5.41, 5.74) is 2.33. The van der Waals surface area contributed by atoms with Gasteiger partial charge in [0.05, 0.1) is 5.92 Å². The molecule has 0 unspecified atom stereocenters. The molecule has 2 nitrogen and oxygen atoms in total. The summed E-state index contributed by atoms with van der Waals surface area (Å²) in [7, 11) is 0. The van der Waals surface area contributed by atoms with Crippen LogP contribution in [-0.4, -0.2) is 12.5 Å². The molecule has 0 spiro atoms. The van der Waals surface area contributed by atoms with Gasteiger partial charge in [-0.3, -0.25) is 4.79 Å². The van der Waals surface area contributed by atoms with Crippen LogP contribution in [0.25, 0.3) is 0 Å². The first kappa shape index (κ1) is 13.2. The van der Waals surface area contributed by atoms with Gasteiger partial charge in [-0.2, -0.15) is 0 Å². The van der Waals surface area contributed by atoms with Crippen molar-refractivity contribution in [3.63, 3.8) is 0 Å². The van der Waals surface area contributed by atoms with Crippen LogP contribution in [0.1, 0.15) is 17.0 Å². The maximum absolute atomic E-state index is 12.1. The Hall–Kier alpha value is -1.80. The van der Waals surface area contributed by atoms with Gasteiger partial charge in [-0.15, -0.1) is 0 Å². The lowest BCUT2D eigenvalue weighted by atomic mass is 9.84. The molecule has 102 valence electrons. The van der Waals surface area contributed by atoms with Gasteiger partial charge in [-0.25, -0.2) is 0 Å². The van der Waals surface area contributed by atoms with Crippen molar-refractivity contribution >= 4 is 17.5 Å². The molecular weight excluding hydrogens is 270 g/mol. The van der Waals surface area contributed by atoms with E-state index >= 15 is 0 Å². The number of rotatable bonds is 3. The second-order valence-corrected chi connectivity index (χ2v) is 5.64. The third-order valence-corrected chi connectivity index (χ3v) is 4.13. The maximum Gasteiger partial charge on any atom is 0.224 e. The fourth-order valence-corrected chi connectivity index (χ4v) is 3.08. The fourth-order valence-electron chi connectivity index (χ4n) is 2.87. The predicted molar refractivity (Wildman–Crippen MR) is 80.8 cm³/mol. The Labute approximate surface area is 123 Å². The van der Waals surface area contributed by atoms with Crippen molar-refractivity contribution in [2.45, 2.75) is 12.3 Å². The molecule has 2 atom stereocenters. The predicted octanol–water partition coefficient (Wildman–Crippen LogP) is 3.41.